The lowest BCUT2D eigenvalue weighted by Crippen LogP contribution is -2.36. The minimum Gasteiger partial charge on any atom is -0.308 e. The fourth-order valence-corrected chi connectivity index (χ4v) is 4.93. The second-order valence-electron chi connectivity index (χ2n) is 7.33. The molecule has 0 fully saturated rings. The van der Waals surface area contributed by atoms with Gasteiger partial charge in [-0.1, -0.05) is 17.4 Å². The van der Waals surface area contributed by atoms with Crippen molar-refractivity contribution < 1.29 is 9.18 Å². The molecule has 8 heteroatoms. The quantitative estimate of drug-likeness (QED) is 0.407. The van der Waals surface area contributed by atoms with Crippen LogP contribution in [0.5, 0.6) is 0 Å². The summed E-state index contributed by atoms with van der Waals surface area (Å²) in [7, 11) is 4.00. The fraction of sp³-hybridized carbons (Fsp3) is 0.364. The summed E-state index contributed by atoms with van der Waals surface area (Å²) in [6, 6.07) is 10.6. The van der Waals surface area contributed by atoms with Gasteiger partial charge in [-0.15, -0.1) is 24.2 Å². The van der Waals surface area contributed by atoms with Gasteiger partial charge in [0.15, 0.2) is 5.13 Å². The molecule has 1 amide bonds. The largest absolute Gasteiger partial charge is 0.308 e. The lowest BCUT2D eigenvalue weighted by Gasteiger charge is -2.22. The Morgan fingerprint density at radius 2 is 1.83 bits per heavy atom. The number of rotatable bonds is 8. The Labute approximate surface area is 191 Å². The normalized spacial score (nSPS) is 11.0. The van der Waals surface area contributed by atoms with Crippen molar-refractivity contribution in [3.63, 3.8) is 0 Å². The van der Waals surface area contributed by atoms with Gasteiger partial charge in [-0.05, 0) is 69.4 Å². The van der Waals surface area contributed by atoms with E-state index in [0.717, 1.165) is 26.8 Å². The Hall–Kier alpha value is -1.67. The molecule has 1 aromatic heterocycles. The molecular weight excluding hydrogens is 441 g/mol. The van der Waals surface area contributed by atoms with E-state index in [0.29, 0.717) is 18.7 Å². The number of amides is 1. The van der Waals surface area contributed by atoms with Gasteiger partial charge in [-0.25, -0.2) is 9.37 Å². The molecule has 0 atom stereocenters. The highest BCUT2D eigenvalue weighted by molar-refractivity contribution is 7.99. The van der Waals surface area contributed by atoms with Crippen LogP contribution < -0.4 is 4.90 Å². The van der Waals surface area contributed by atoms with Crippen LogP contribution in [-0.4, -0.2) is 48.7 Å². The molecule has 0 aliphatic carbocycles. The summed E-state index contributed by atoms with van der Waals surface area (Å²) >= 11 is 3.14. The van der Waals surface area contributed by atoms with Gasteiger partial charge in [0.25, 0.3) is 0 Å². The molecule has 0 aliphatic heterocycles. The lowest BCUT2D eigenvalue weighted by atomic mass is 10.1. The van der Waals surface area contributed by atoms with Gasteiger partial charge in [0.2, 0.25) is 5.91 Å². The second kappa shape index (κ2) is 11.1. The van der Waals surface area contributed by atoms with Gasteiger partial charge < -0.3 is 4.90 Å². The summed E-state index contributed by atoms with van der Waals surface area (Å²) in [5.41, 5.74) is 3.31. The van der Waals surface area contributed by atoms with Crippen molar-refractivity contribution in [2.45, 2.75) is 25.2 Å². The van der Waals surface area contributed by atoms with E-state index in [1.807, 2.05) is 19.0 Å². The van der Waals surface area contributed by atoms with Gasteiger partial charge in [0.05, 0.1) is 10.2 Å². The van der Waals surface area contributed by atoms with Crippen molar-refractivity contribution in [1.29, 1.82) is 0 Å². The van der Waals surface area contributed by atoms with Gasteiger partial charge in [-0.3, -0.25) is 9.69 Å². The zero-order chi connectivity index (χ0) is 21.0. The molecule has 0 spiro atoms. The van der Waals surface area contributed by atoms with Crippen LogP contribution in [0.25, 0.3) is 10.2 Å². The molecule has 2 aromatic carbocycles. The first-order valence-electron chi connectivity index (χ1n) is 9.55. The number of carbonyl (C=O) groups excluding carboxylic acids is 1. The Morgan fingerprint density at radius 3 is 2.50 bits per heavy atom. The third kappa shape index (κ3) is 6.41. The molecule has 4 nitrogen and oxygen atoms in total. The maximum Gasteiger partial charge on any atom is 0.229 e. The van der Waals surface area contributed by atoms with E-state index >= 15 is 0 Å². The van der Waals surface area contributed by atoms with Gasteiger partial charge in [-0.2, -0.15) is 0 Å². The summed E-state index contributed by atoms with van der Waals surface area (Å²) < 4.78 is 14.2. The summed E-state index contributed by atoms with van der Waals surface area (Å²) in [5.74, 6) is 0.461. The average molecular weight is 468 g/mol. The zero-order valence-corrected chi connectivity index (χ0v) is 20.1. The van der Waals surface area contributed by atoms with Crippen molar-refractivity contribution in [3.05, 3.63) is 53.3 Å². The molecule has 0 N–H and O–H groups in total. The van der Waals surface area contributed by atoms with E-state index in [-0.39, 0.29) is 24.1 Å². The maximum absolute atomic E-state index is 13.0. The number of aromatic nitrogens is 1. The van der Waals surface area contributed by atoms with E-state index in [4.69, 9.17) is 4.98 Å². The molecule has 0 saturated heterocycles. The standard InChI is InChI=1S/C22H26FN3OS2.ClH/c1-15-13-16(2)21-19(14-15)24-22(29-21)26(11-10-25(3)4)20(27)9-12-28-18-7-5-17(23)6-8-18;/h5-8,13-14H,9-12H2,1-4H3;1H. The number of hydrogen-bond donors (Lipinski definition) is 0. The molecule has 0 bridgehead atoms. The highest BCUT2D eigenvalue weighted by atomic mass is 35.5. The van der Waals surface area contributed by atoms with E-state index in [1.165, 1.54) is 23.3 Å². The SMILES string of the molecule is Cc1cc(C)c2sc(N(CCN(C)C)C(=O)CCSc3ccc(F)cc3)nc2c1.Cl. The summed E-state index contributed by atoms with van der Waals surface area (Å²) in [5, 5.41) is 0.757. The van der Waals surface area contributed by atoms with Crippen LogP contribution >= 0.6 is 35.5 Å². The first-order valence-corrected chi connectivity index (χ1v) is 11.3. The monoisotopic (exact) mass is 467 g/mol. The smallest absolute Gasteiger partial charge is 0.229 e. The van der Waals surface area contributed by atoms with Crippen LogP contribution in [0.4, 0.5) is 9.52 Å². The molecule has 0 radical (unpaired) electrons. The van der Waals surface area contributed by atoms with Gasteiger partial charge in [0, 0.05) is 30.2 Å². The van der Waals surface area contributed by atoms with E-state index in [9.17, 15) is 9.18 Å². The summed E-state index contributed by atoms with van der Waals surface area (Å²) in [4.78, 5) is 22.6. The highest BCUT2D eigenvalue weighted by Crippen LogP contribution is 2.32. The molecule has 30 heavy (non-hydrogen) atoms. The highest BCUT2D eigenvalue weighted by Gasteiger charge is 2.20. The number of halogens is 2. The third-order valence-electron chi connectivity index (χ3n) is 4.51. The number of nitrogens with zero attached hydrogens (tertiary/aromatic N) is 3. The van der Waals surface area contributed by atoms with Crippen molar-refractivity contribution in [3.8, 4) is 0 Å². The van der Waals surface area contributed by atoms with E-state index < -0.39 is 0 Å². The predicted octanol–water partition coefficient (Wildman–Crippen LogP) is 5.55. The van der Waals surface area contributed by atoms with Crippen molar-refractivity contribution >= 4 is 56.8 Å². The predicted molar refractivity (Wildman–Crippen MR) is 129 cm³/mol. The van der Waals surface area contributed by atoms with E-state index in [1.54, 1.807) is 35.2 Å². The number of likely N-dealkylation sites (N-methyl/N-ethyl adjacent to an activating group) is 1. The molecular formula is C22H27ClFN3OS2. The number of thioether (sulfide) groups is 1. The van der Waals surface area contributed by atoms with Crippen LogP contribution in [0.15, 0.2) is 41.3 Å². The Morgan fingerprint density at radius 1 is 1.13 bits per heavy atom. The topological polar surface area (TPSA) is 36.4 Å². The molecule has 1 heterocycles. The minimum atomic E-state index is -0.248. The number of thiazole rings is 1. The number of carbonyl (C=O) groups is 1. The van der Waals surface area contributed by atoms with Crippen LogP contribution in [0, 0.1) is 19.7 Å². The Kier molecular flexibility index (Phi) is 9.09. The average Bonchev–Trinajstić information content (AvgIpc) is 3.07. The zero-order valence-electron chi connectivity index (χ0n) is 17.6. The number of aryl methyl sites for hydroxylation is 2. The molecule has 0 saturated carbocycles. The molecule has 162 valence electrons. The molecule has 0 unspecified atom stereocenters. The van der Waals surface area contributed by atoms with Gasteiger partial charge >= 0.3 is 0 Å². The third-order valence-corrected chi connectivity index (χ3v) is 6.75. The van der Waals surface area contributed by atoms with Crippen LogP contribution in [0.1, 0.15) is 17.5 Å². The van der Waals surface area contributed by atoms with Gasteiger partial charge in [0.1, 0.15) is 5.82 Å². The summed E-state index contributed by atoms with van der Waals surface area (Å²) in [6.07, 6.45) is 0.406. The number of benzene rings is 2. The first-order chi connectivity index (χ1) is 13.8. The van der Waals surface area contributed by atoms with Crippen LogP contribution in [-0.2, 0) is 4.79 Å². The fourth-order valence-electron chi connectivity index (χ4n) is 3.03. The Balaban J connectivity index is 0.00000320. The van der Waals surface area contributed by atoms with Crippen LogP contribution in [0.2, 0.25) is 0 Å². The van der Waals surface area contributed by atoms with Crippen molar-refractivity contribution in [2.24, 2.45) is 0 Å². The molecule has 0 aliphatic rings. The van der Waals surface area contributed by atoms with E-state index in [2.05, 4.69) is 30.9 Å². The van der Waals surface area contributed by atoms with Crippen molar-refractivity contribution in [1.82, 2.24) is 9.88 Å². The number of anilines is 1. The number of fused-ring (bicyclic) bond motifs is 1. The lowest BCUT2D eigenvalue weighted by molar-refractivity contribution is -0.118. The minimum absolute atomic E-state index is 0. The summed E-state index contributed by atoms with van der Waals surface area (Å²) in [6.45, 7) is 5.52. The Bertz CT molecular complexity index is 992. The molecule has 3 aromatic rings. The second-order valence-corrected chi connectivity index (χ2v) is 9.47. The molecule has 3 rings (SSSR count). The first kappa shape index (κ1) is 24.6. The van der Waals surface area contributed by atoms with Crippen LogP contribution in [0.3, 0.4) is 0 Å². The maximum atomic E-state index is 13.0. The van der Waals surface area contributed by atoms with Crippen molar-refractivity contribution in [2.75, 3.05) is 37.8 Å². The number of hydrogen-bond acceptors (Lipinski definition) is 5.